The van der Waals surface area contributed by atoms with Crippen molar-refractivity contribution < 1.29 is 4.79 Å². The number of likely N-dealkylation sites (N-methyl/N-ethyl adjacent to an activating group) is 1. The Hall–Kier alpha value is -0.610. The van der Waals surface area contributed by atoms with Gasteiger partial charge in [0.05, 0.1) is 6.04 Å². The number of amides is 1. The molecule has 0 aromatic heterocycles. The first-order valence-corrected chi connectivity index (χ1v) is 5.90. The third-order valence-electron chi connectivity index (χ3n) is 2.56. The van der Waals surface area contributed by atoms with Crippen LogP contribution in [0, 0.1) is 0 Å². The van der Waals surface area contributed by atoms with Gasteiger partial charge in [-0.05, 0) is 25.9 Å². The maximum absolute atomic E-state index is 10.9. The molecule has 0 aliphatic heterocycles. The monoisotopic (exact) mass is 215 g/mol. The molecule has 15 heavy (non-hydrogen) atoms. The lowest BCUT2D eigenvalue weighted by Gasteiger charge is -2.21. The number of nitrogens with one attached hydrogen (secondary N) is 1. The van der Waals surface area contributed by atoms with Crippen LogP contribution in [0.4, 0.5) is 0 Å². The van der Waals surface area contributed by atoms with E-state index in [2.05, 4.69) is 24.1 Å². The van der Waals surface area contributed by atoms with Crippen LogP contribution in [0.25, 0.3) is 0 Å². The van der Waals surface area contributed by atoms with E-state index in [-0.39, 0.29) is 11.9 Å². The highest BCUT2D eigenvalue weighted by Gasteiger charge is 2.11. The zero-order valence-electron chi connectivity index (χ0n) is 10.3. The molecule has 1 atom stereocenters. The minimum Gasteiger partial charge on any atom is -0.368 e. The van der Waals surface area contributed by atoms with Crippen LogP contribution in [0.15, 0.2) is 0 Å². The molecular formula is C11H25N3O. The van der Waals surface area contributed by atoms with Crippen molar-refractivity contribution in [2.24, 2.45) is 5.73 Å². The summed E-state index contributed by atoms with van der Waals surface area (Å²) in [5.74, 6) is -0.254. The van der Waals surface area contributed by atoms with E-state index in [4.69, 9.17) is 5.73 Å². The van der Waals surface area contributed by atoms with Gasteiger partial charge in [0, 0.05) is 13.1 Å². The molecule has 0 saturated heterocycles. The molecule has 0 aliphatic carbocycles. The van der Waals surface area contributed by atoms with Crippen molar-refractivity contribution in [1.82, 2.24) is 10.2 Å². The van der Waals surface area contributed by atoms with Crippen molar-refractivity contribution in [1.29, 1.82) is 0 Å². The fourth-order valence-electron chi connectivity index (χ4n) is 1.59. The lowest BCUT2D eigenvalue weighted by Crippen LogP contribution is -2.44. The number of carbonyl (C=O) groups is 1. The lowest BCUT2D eigenvalue weighted by atomic mass is 10.2. The van der Waals surface area contributed by atoms with E-state index in [1.807, 2.05) is 6.92 Å². The average Bonchev–Trinajstić information content (AvgIpc) is 2.22. The first-order chi connectivity index (χ1) is 7.15. The fourth-order valence-corrected chi connectivity index (χ4v) is 1.59. The predicted molar refractivity (Wildman–Crippen MR) is 63.7 cm³/mol. The second kappa shape index (κ2) is 8.68. The standard InChI is InChI=1S/C11H25N3O/c1-4-8-14(6-3)9-7-13-10(5-2)11(12)15/h10,13H,4-9H2,1-3H3,(H2,12,15). The highest BCUT2D eigenvalue weighted by molar-refractivity contribution is 5.79. The van der Waals surface area contributed by atoms with Crippen molar-refractivity contribution >= 4 is 5.91 Å². The Labute approximate surface area is 93.2 Å². The van der Waals surface area contributed by atoms with Gasteiger partial charge in [0.1, 0.15) is 0 Å². The Bertz CT molecular complexity index is 173. The molecule has 0 saturated carbocycles. The van der Waals surface area contributed by atoms with Gasteiger partial charge in [0.25, 0.3) is 0 Å². The van der Waals surface area contributed by atoms with Crippen LogP contribution in [-0.2, 0) is 4.79 Å². The Morgan fingerprint density at radius 3 is 2.40 bits per heavy atom. The van der Waals surface area contributed by atoms with Gasteiger partial charge in [0.2, 0.25) is 5.91 Å². The van der Waals surface area contributed by atoms with Gasteiger partial charge in [-0.2, -0.15) is 0 Å². The van der Waals surface area contributed by atoms with E-state index in [1.54, 1.807) is 0 Å². The summed E-state index contributed by atoms with van der Waals surface area (Å²) in [5.41, 5.74) is 5.24. The van der Waals surface area contributed by atoms with E-state index in [9.17, 15) is 4.79 Å². The van der Waals surface area contributed by atoms with Crippen LogP contribution in [0.1, 0.15) is 33.6 Å². The molecule has 4 nitrogen and oxygen atoms in total. The molecule has 3 N–H and O–H groups in total. The minimum atomic E-state index is -0.254. The molecule has 1 amide bonds. The summed E-state index contributed by atoms with van der Waals surface area (Å²) in [7, 11) is 0. The maximum Gasteiger partial charge on any atom is 0.234 e. The number of primary amides is 1. The summed E-state index contributed by atoms with van der Waals surface area (Å²) in [6, 6.07) is -0.176. The molecule has 0 bridgehead atoms. The summed E-state index contributed by atoms with van der Waals surface area (Å²) >= 11 is 0. The highest BCUT2D eigenvalue weighted by atomic mass is 16.1. The molecule has 90 valence electrons. The SMILES string of the molecule is CCCN(CC)CCNC(CC)C(N)=O. The molecule has 0 aromatic rings. The number of hydrogen-bond donors (Lipinski definition) is 2. The average molecular weight is 215 g/mol. The third kappa shape index (κ3) is 6.47. The zero-order chi connectivity index (χ0) is 11.7. The summed E-state index contributed by atoms with van der Waals surface area (Å²) in [6.07, 6.45) is 1.93. The van der Waals surface area contributed by atoms with Gasteiger partial charge in [-0.15, -0.1) is 0 Å². The van der Waals surface area contributed by atoms with Crippen LogP contribution in [0.3, 0.4) is 0 Å². The number of rotatable bonds is 9. The van der Waals surface area contributed by atoms with E-state index in [1.165, 1.54) is 6.42 Å². The van der Waals surface area contributed by atoms with Crippen LogP contribution in [0.5, 0.6) is 0 Å². The normalized spacial score (nSPS) is 13.1. The molecule has 0 aromatic carbocycles. The first kappa shape index (κ1) is 14.4. The van der Waals surface area contributed by atoms with Crippen LogP contribution < -0.4 is 11.1 Å². The Morgan fingerprint density at radius 1 is 1.33 bits per heavy atom. The van der Waals surface area contributed by atoms with Crippen molar-refractivity contribution in [3.8, 4) is 0 Å². The molecule has 0 spiro atoms. The molecule has 0 aliphatic rings. The van der Waals surface area contributed by atoms with E-state index >= 15 is 0 Å². The van der Waals surface area contributed by atoms with Crippen molar-refractivity contribution in [2.75, 3.05) is 26.2 Å². The summed E-state index contributed by atoms with van der Waals surface area (Å²) in [5, 5.41) is 3.18. The Kier molecular flexibility index (Phi) is 8.33. The minimum absolute atomic E-state index is 0.176. The van der Waals surface area contributed by atoms with Crippen LogP contribution in [-0.4, -0.2) is 43.0 Å². The van der Waals surface area contributed by atoms with Gasteiger partial charge >= 0.3 is 0 Å². The van der Waals surface area contributed by atoms with Crippen molar-refractivity contribution in [3.05, 3.63) is 0 Å². The number of nitrogens with zero attached hydrogens (tertiary/aromatic N) is 1. The molecule has 0 heterocycles. The molecule has 4 heteroatoms. The first-order valence-electron chi connectivity index (χ1n) is 5.90. The number of carbonyl (C=O) groups excluding carboxylic acids is 1. The van der Waals surface area contributed by atoms with Crippen LogP contribution in [0.2, 0.25) is 0 Å². The molecular weight excluding hydrogens is 190 g/mol. The van der Waals surface area contributed by atoms with Crippen molar-refractivity contribution in [2.45, 2.75) is 39.7 Å². The van der Waals surface area contributed by atoms with Crippen LogP contribution >= 0.6 is 0 Å². The van der Waals surface area contributed by atoms with E-state index < -0.39 is 0 Å². The topological polar surface area (TPSA) is 58.4 Å². The quantitative estimate of drug-likeness (QED) is 0.591. The summed E-state index contributed by atoms with van der Waals surface area (Å²) in [6.45, 7) is 10.3. The van der Waals surface area contributed by atoms with Gasteiger partial charge in [-0.3, -0.25) is 4.79 Å². The summed E-state index contributed by atoms with van der Waals surface area (Å²) in [4.78, 5) is 13.3. The Morgan fingerprint density at radius 2 is 2.00 bits per heavy atom. The second-order valence-electron chi connectivity index (χ2n) is 3.75. The van der Waals surface area contributed by atoms with Gasteiger partial charge in [0.15, 0.2) is 0 Å². The zero-order valence-corrected chi connectivity index (χ0v) is 10.3. The van der Waals surface area contributed by atoms with Crippen molar-refractivity contribution in [3.63, 3.8) is 0 Å². The predicted octanol–water partition coefficient (Wildman–Crippen LogP) is 0.572. The third-order valence-corrected chi connectivity index (χ3v) is 2.56. The molecule has 0 fully saturated rings. The van der Waals surface area contributed by atoms with E-state index in [0.29, 0.717) is 0 Å². The summed E-state index contributed by atoms with van der Waals surface area (Å²) < 4.78 is 0. The Balaban J connectivity index is 3.69. The highest BCUT2D eigenvalue weighted by Crippen LogP contribution is 1.92. The van der Waals surface area contributed by atoms with Gasteiger partial charge in [-0.25, -0.2) is 0 Å². The van der Waals surface area contributed by atoms with Gasteiger partial charge < -0.3 is 16.0 Å². The van der Waals surface area contributed by atoms with Gasteiger partial charge in [-0.1, -0.05) is 20.8 Å². The van der Waals surface area contributed by atoms with E-state index in [0.717, 1.165) is 32.6 Å². The lowest BCUT2D eigenvalue weighted by molar-refractivity contribution is -0.120. The molecule has 0 rings (SSSR count). The maximum atomic E-state index is 10.9. The molecule has 1 unspecified atom stereocenters. The number of hydrogen-bond acceptors (Lipinski definition) is 3. The second-order valence-corrected chi connectivity index (χ2v) is 3.75. The smallest absolute Gasteiger partial charge is 0.234 e. The molecule has 0 radical (unpaired) electrons. The largest absolute Gasteiger partial charge is 0.368 e. The number of nitrogens with two attached hydrogens (primary N) is 1. The fraction of sp³-hybridized carbons (Fsp3) is 0.909.